The topological polar surface area (TPSA) is 85.1 Å². The molecular weight excluding hydrogens is 576 g/mol. The summed E-state index contributed by atoms with van der Waals surface area (Å²) in [6, 6.07) is 20.2. The van der Waals surface area contributed by atoms with E-state index in [1.54, 1.807) is 12.0 Å². The molecule has 1 N–H and O–H groups in total. The molecule has 2 aromatic heterocycles. The zero-order valence-corrected chi connectivity index (χ0v) is 26.3. The maximum absolute atomic E-state index is 13.8. The highest BCUT2D eigenvalue weighted by Gasteiger charge is 2.47. The number of fused-ring (bicyclic) bond motifs is 5. The van der Waals surface area contributed by atoms with Crippen LogP contribution in [0.4, 0.5) is 11.5 Å². The van der Waals surface area contributed by atoms with Crippen LogP contribution in [0.15, 0.2) is 79.5 Å². The smallest absolute Gasteiger partial charge is 0.249 e. The van der Waals surface area contributed by atoms with Crippen LogP contribution in [0.1, 0.15) is 42.9 Å². The van der Waals surface area contributed by atoms with Gasteiger partial charge in [0, 0.05) is 60.7 Å². The summed E-state index contributed by atoms with van der Waals surface area (Å²) in [6.07, 6.45) is 8.71. The van der Waals surface area contributed by atoms with E-state index in [9.17, 15) is 4.79 Å². The van der Waals surface area contributed by atoms with Crippen LogP contribution in [-0.2, 0) is 11.2 Å². The van der Waals surface area contributed by atoms with Crippen molar-refractivity contribution in [2.24, 2.45) is 11.8 Å². The lowest BCUT2D eigenvalue weighted by atomic mass is 9.73. The van der Waals surface area contributed by atoms with Gasteiger partial charge in [0.15, 0.2) is 11.9 Å². The summed E-state index contributed by atoms with van der Waals surface area (Å²) < 4.78 is 12.5. The standard InChI is InChI=1S/C37H40N6O3/c1-3-24-23-41-19-15-26(24)21-33(41)36(28-14-17-38-30-11-10-27(45-2)22-29(28)30)46-35-13-12-34(39-40-35)42-18-6-9-32(42)37(44)43-20-16-25-7-4-5-8-31(25)43/h3-5,7-8,10-14,17,22,24,26,32-33,36H,1,6,9,15-16,18-21,23H2,2H3/p+1/t24?,26?,32-,33?,36+/m1/s1. The molecule has 2 bridgehead atoms. The van der Waals surface area contributed by atoms with Crippen molar-refractivity contribution in [2.75, 3.05) is 43.1 Å². The van der Waals surface area contributed by atoms with Gasteiger partial charge in [-0.25, -0.2) is 0 Å². The molecule has 0 radical (unpaired) electrons. The molecule has 0 aliphatic carbocycles. The lowest BCUT2D eigenvalue weighted by molar-refractivity contribution is -0.949. The fourth-order valence-corrected chi connectivity index (χ4v) is 8.48. The summed E-state index contributed by atoms with van der Waals surface area (Å²) in [4.78, 5) is 24.1. The molecule has 5 aliphatic heterocycles. The molecule has 2 aromatic carbocycles. The number of ether oxygens (including phenoxy) is 2. The summed E-state index contributed by atoms with van der Waals surface area (Å²) >= 11 is 0. The zero-order valence-electron chi connectivity index (χ0n) is 26.3. The zero-order chi connectivity index (χ0) is 31.2. The molecule has 4 aromatic rings. The van der Waals surface area contributed by atoms with Gasteiger partial charge in [-0.2, -0.15) is 0 Å². The third-order valence-electron chi connectivity index (χ3n) is 10.8. The van der Waals surface area contributed by atoms with Crippen LogP contribution in [0.5, 0.6) is 11.6 Å². The average Bonchev–Trinajstić information content (AvgIpc) is 3.78. The minimum absolute atomic E-state index is 0.145. The van der Waals surface area contributed by atoms with Crippen LogP contribution in [0.25, 0.3) is 10.9 Å². The van der Waals surface area contributed by atoms with Crippen molar-refractivity contribution in [1.29, 1.82) is 0 Å². The third-order valence-corrected chi connectivity index (χ3v) is 10.8. The van der Waals surface area contributed by atoms with E-state index in [2.05, 4.69) is 57.0 Å². The van der Waals surface area contributed by atoms with E-state index in [4.69, 9.17) is 9.47 Å². The molecular formula is C37H41N6O3+. The number of anilines is 2. The van der Waals surface area contributed by atoms with Gasteiger partial charge in [-0.1, -0.05) is 24.3 Å². The number of carbonyl (C=O) groups is 1. The highest BCUT2D eigenvalue weighted by molar-refractivity contribution is 6.00. The van der Waals surface area contributed by atoms with Crippen LogP contribution in [0.2, 0.25) is 0 Å². The summed E-state index contributed by atoms with van der Waals surface area (Å²) in [5, 5.41) is 10.3. The molecule has 1 amide bonds. The lowest BCUT2D eigenvalue weighted by Crippen LogP contribution is -3.20. The monoisotopic (exact) mass is 617 g/mol. The second-order valence-electron chi connectivity index (χ2n) is 13.2. The number of benzene rings is 2. The molecule has 4 unspecified atom stereocenters. The van der Waals surface area contributed by atoms with Crippen LogP contribution in [-0.4, -0.2) is 66.5 Å². The minimum Gasteiger partial charge on any atom is -0.497 e. The van der Waals surface area contributed by atoms with Crippen LogP contribution >= 0.6 is 0 Å². The van der Waals surface area contributed by atoms with Crippen molar-refractivity contribution < 1.29 is 19.2 Å². The first-order valence-electron chi connectivity index (χ1n) is 16.7. The van der Waals surface area contributed by atoms with E-state index < -0.39 is 0 Å². The number of nitrogens with one attached hydrogen (secondary N) is 1. The Hall–Kier alpha value is -4.50. The molecule has 236 valence electrons. The van der Waals surface area contributed by atoms with Crippen molar-refractivity contribution in [3.8, 4) is 11.6 Å². The van der Waals surface area contributed by atoms with Crippen LogP contribution < -0.4 is 24.2 Å². The molecule has 9 heteroatoms. The van der Waals surface area contributed by atoms with Gasteiger partial charge in [0.25, 0.3) is 0 Å². The maximum Gasteiger partial charge on any atom is 0.249 e. The van der Waals surface area contributed by atoms with Crippen molar-refractivity contribution in [3.05, 3.63) is 90.6 Å². The molecule has 4 saturated heterocycles. The number of para-hydroxylation sites is 1. The Morgan fingerprint density at radius 2 is 2.00 bits per heavy atom. The number of nitrogens with zero attached hydrogens (tertiary/aromatic N) is 5. The Labute approximate surface area is 269 Å². The number of piperidine rings is 3. The van der Waals surface area contributed by atoms with Gasteiger partial charge in [-0.3, -0.25) is 9.78 Å². The normalized spacial score (nSPS) is 25.8. The largest absolute Gasteiger partial charge is 0.497 e. The second-order valence-corrected chi connectivity index (χ2v) is 13.2. The molecule has 4 fully saturated rings. The van der Waals surface area contributed by atoms with Crippen molar-refractivity contribution in [2.45, 2.75) is 50.3 Å². The van der Waals surface area contributed by atoms with Gasteiger partial charge in [-0.15, -0.1) is 16.8 Å². The summed E-state index contributed by atoms with van der Waals surface area (Å²) in [5.74, 6) is 3.28. The van der Waals surface area contributed by atoms with Gasteiger partial charge in [-0.05, 0) is 67.1 Å². The molecule has 9 rings (SSSR count). The number of pyridine rings is 1. The van der Waals surface area contributed by atoms with E-state index >= 15 is 0 Å². The Morgan fingerprint density at radius 1 is 1.09 bits per heavy atom. The van der Waals surface area contributed by atoms with E-state index in [-0.39, 0.29) is 24.1 Å². The SMILES string of the molecule is C=CC1C[NH+]2CCC1CC2[C@@H](Oc1ccc(N2CCC[C@@H]2C(=O)N2CCc3ccccc32)nn1)c1ccnc2ccc(OC)cc12. The molecule has 6 atom stereocenters. The Kier molecular flexibility index (Phi) is 7.56. The van der Waals surface area contributed by atoms with Crippen molar-refractivity contribution in [3.63, 3.8) is 0 Å². The van der Waals surface area contributed by atoms with E-state index in [0.29, 0.717) is 23.5 Å². The molecule has 9 nitrogen and oxygen atoms in total. The van der Waals surface area contributed by atoms with E-state index in [1.165, 1.54) is 12.0 Å². The molecule has 0 spiro atoms. The predicted octanol–water partition coefficient (Wildman–Crippen LogP) is 4.19. The summed E-state index contributed by atoms with van der Waals surface area (Å²) in [5.41, 5.74) is 4.27. The fourth-order valence-electron chi connectivity index (χ4n) is 8.48. The van der Waals surface area contributed by atoms with Gasteiger partial charge in [0.1, 0.15) is 17.8 Å². The number of amides is 1. The van der Waals surface area contributed by atoms with E-state index in [0.717, 1.165) is 79.8 Å². The first-order chi connectivity index (χ1) is 22.6. The number of carbonyl (C=O) groups excluding carboxylic acids is 1. The highest BCUT2D eigenvalue weighted by atomic mass is 16.5. The Morgan fingerprint density at radius 3 is 2.80 bits per heavy atom. The Balaban J connectivity index is 1.08. The number of hydrogen-bond donors (Lipinski definition) is 1. The summed E-state index contributed by atoms with van der Waals surface area (Å²) in [7, 11) is 1.69. The average molecular weight is 618 g/mol. The molecule has 46 heavy (non-hydrogen) atoms. The van der Waals surface area contributed by atoms with Gasteiger partial charge in [0.05, 0.1) is 25.7 Å². The fraction of sp³-hybridized carbons (Fsp3) is 0.405. The highest BCUT2D eigenvalue weighted by Crippen LogP contribution is 2.38. The third kappa shape index (κ3) is 5.07. The number of aromatic nitrogens is 3. The lowest BCUT2D eigenvalue weighted by Gasteiger charge is -2.48. The maximum atomic E-state index is 13.8. The van der Waals surface area contributed by atoms with E-state index in [1.807, 2.05) is 47.5 Å². The number of rotatable bonds is 8. The summed E-state index contributed by atoms with van der Waals surface area (Å²) in [6.45, 7) is 7.84. The second kappa shape index (κ2) is 12.0. The minimum atomic E-state index is -0.245. The number of methoxy groups -OCH3 is 1. The number of hydrogen-bond acceptors (Lipinski definition) is 7. The predicted molar refractivity (Wildman–Crippen MR) is 177 cm³/mol. The molecule has 0 saturated carbocycles. The molecule has 7 heterocycles. The van der Waals surface area contributed by atoms with Gasteiger partial charge < -0.3 is 24.2 Å². The van der Waals surface area contributed by atoms with Crippen LogP contribution in [0.3, 0.4) is 0 Å². The van der Waals surface area contributed by atoms with Gasteiger partial charge in [0.2, 0.25) is 11.8 Å². The molecule has 5 aliphatic rings. The van der Waals surface area contributed by atoms with Crippen LogP contribution in [0, 0.1) is 11.8 Å². The van der Waals surface area contributed by atoms with Crippen molar-refractivity contribution >= 4 is 28.3 Å². The first kappa shape index (κ1) is 28.9. The Bertz CT molecular complexity index is 1760. The van der Waals surface area contributed by atoms with Crippen molar-refractivity contribution in [1.82, 2.24) is 15.2 Å². The van der Waals surface area contributed by atoms with Gasteiger partial charge >= 0.3 is 0 Å². The number of quaternary nitrogens is 1. The quantitative estimate of drug-likeness (QED) is 0.297. The first-order valence-corrected chi connectivity index (χ1v) is 16.7.